The average molecular weight is 297 g/mol. The van der Waals surface area contributed by atoms with Crippen LogP contribution in [0.25, 0.3) is 0 Å². The Hall–Kier alpha value is -2.15. The third-order valence-corrected chi connectivity index (χ3v) is 3.32. The van der Waals surface area contributed by atoms with Gasteiger partial charge in [-0.25, -0.2) is 9.48 Å². The number of carboxylic acids is 1. The maximum Gasteiger partial charge on any atom is 0.356 e. The predicted octanol–water partition coefficient (Wildman–Crippen LogP) is 0.939. The van der Waals surface area contributed by atoms with Crippen LogP contribution in [0.2, 0.25) is 5.02 Å². The van der Waals surface area contributed by atoms with Crippen molar-refractivity contribution in [3.8, 4) is 0 Å². The highest BCUT2D eigenvalue weighted by Crippen LogP contribution is 2.21. The molecule has 0 aromatic carbocycles. The minimum absolute atomic E-state index is 0.0717. The fourth-order valence-corrected chi connectivity index (χ4v) is 2.16. The van der Waals surface area contributed by atoms with Crippen LogP contribution in [0.4, 0.5) is 0 Å². The fourth-order valence-electron chi connectivity index (χ4n) is 1.81. The van der Waals surface area contributed by atoms with Crippen LogP contribution < -0.4 is 5.56 Å². The molecule has 0 bridgehead atoms. The minimum atomic E-state index is -1.19. The van der Waals surface area contributed by atoms with Crippen LogP contribution in [0, 0.1) is 0 Å². The Morgan fingerprint density at radius 3 is 2.65 bits per heavy atom. The molecule has 0 radical (unpaired) electrons. The normalized spacial score (nSPS) is 10.8. The van der Waals surface area contributed by atoms with Crippen LogP contribution in [-0.4, -0.2) is 30.6 Å². The monoisotopic (exact) mass is 296 g/mol. The van der Waals surface area contributed by atoms with Crippen LogP contribution in [0.15, 0.2) is 16.9 Å². The number of aromatic nitrogens is 4. The van der Waals surface area contributed by atoms with E-state index in [0.29, 0.717) is 17.1 Å². The standard InChI is InChI=1S/C12H13ClN4O3/c1-3-7-11(13)9(16(2)14-7)6-17-10(18)5-4-8(15-17)12(19)20/h4-5H,3,6H2,1-2H3,(H,19,20). The third-order valence-electron chi connectivity index (χ3n) is 2.89. The molecule has 2 rings (SSSR count). The predicted molar refractivity (Wildman–Crippen MR) is 72.2 cm³/mol. The molecule has 1 N–H and O–H groups in total. The highest BCUT2D eigenvalue weighted by molar-refractivity contribution is 6.31. The zero-order chi connectivity index (χ0) is 14.9. The summed E-state index contributed by atoms with van der Waals surface area (Å²) in [6.07, 6.45) is 0.671. The van der Waals surface area contributed by atoms with Crippen molar-refractivity contribution >= 4 is 17.6 Å². The van der Waals surface area contributed by atoms with Crippen molar-refractivity contribution in [1.29, 1.82) is 0 Å². The lowest BCUT2D eigenvalue weighted by Gasteiger charge is -2.06. The number of carboxylic acid groups (broad SMARTS) is 1. The van der Waals surface area contributed by atoms with Gasteiger partial charge < -0.3 is 5.11 Å². The highest BCUT2D eigenvalue weighted by atomic mass is 35.5. The molecule has 0 amide bonds. The summed E-state index contributed by atoms with van der Waals surface area (Å²) in [6.45, 7) is 2.00. The van der Waals surface area contributed by atoms with Crippen LogP contribution in [-0.2, 0) is 20.0 Å². The van der Waals surface area contributed by atoms with Gasteiger partial charge in [0.2, 0.25) is 0 Å². The van der Waals surface area contributed by atoms with Crippen molar-refractivity contribution < 1.29 is 9.90 Å². The molecule has 0 aliphatic rings. The van der Waals surface area contributed by atoms with E-state index < -0.39 is 11.5 Å². The summed E-state index contributed by atoms with van der Waals surface area (Å²) in [6, 6.07) is 2.34. The van der Waals surface area contributed by atoms with Crippen LogP contribution in [0.3, 0.4) is 0 Å². The average Bonchev–Trinajstić information content (AvgIpc) is 2.68. The van der Waals surface area contributed by atoms with Gasteiger partial charge in [0.15, 0.2) is 5.69 Å². The van der Waals surface area contributed by atoms with Gasteiger partial charge in [-0.05, 0) is 12.5 Å². The summed E-state index contributed by atoms with van der Waals surface area (Å²) in [5, 5.41) is 17.4. The Bertz CT molecular complexity index is 720. The van der Waals surface area contributed by atoms with Crippen molar-refractivity contribution in [3.05, 3.63) is 44.6 Å². The van der Waals surface area contributed by atoms with Gasteiger partial charge in [-0.1, -0.05) is 18.5 Å². The first-order valence-corrected chi connectivity index (χ1v) is 6.33. The number of carbonyl (C=O) groups is 1. The molecule has 0 fully saturated rings. The zero-order valence-electron chi connectivity index (χ0n) is 11.0. The van der Waals surface area contributed by atoms with Crippen molar-refractivity contribution in [1.82, 2.24) is 19.6 Å². The molecular weight excluding hydrogens is 284 g/mol. The summed E-state index contributed by atoms with van der Waals surface area (Å²) >= 11 is 6.19. The van der Waals surface area contributed by atoms with E-state index in [9.17, 15) is 9.59 Å². The van der Waals surface area contributed by atoms with E-state index in [1.54, 1.807) is 11.7 Å². The Labute approximate surface area is 119 Å². The second kappa shape index (κ2) is 5.46. The first-order valence-electron chi connectivity index (χ1n) is 5.95. The minimum Gasteiger partial charge on any atom is -0.476 e. The number of nitrogens with zero attached hydrogens (tertiary/aromatic N) is 4. The summed E-state index contributed by atoms with van der Waals surface area (Å²) in [5.74, 6) is -1.19. The van der Waals surface area contributed by atoms with E-state index in [2.05, 4.69) is 10.2 Å². The molecule has 2 aromatic heterocycles. The zero-order valence-corrected chi connectivity index (χ0v) is 11.8. The van der Waals surface area contributed by atoms with Gasteiger partial charge in [0.05, 0.1) is 23.0 Å². The largest absolute Gasteiger partial charge is 0.476 e. The summed E-state index contributed by atoms with van der Waals surface area (Å²) in [7, 11) is 1.71. The number of halogens is 1. The molecule has 20 heavy (non-hydrogen) atoms. The Kier molecular flexibility index (Phi) is 3.89. The number of rotatable bonds is 4. The summed E-state index contributed by atoms with van der Waals surface area (Å²) in [5.41, 5.74) is 0.746. The van der Waals surface area contributed by atoms with Crippen molar-refractivity contribution in [2.75, 3.05) is 0 Å². The van der Waals surface area contributed by atoms with Gasteiger partial charge in [-0.2, -0.15) is 10.2 Å². The lowest BCUT2D eigenvalue weighted by molar-refractivity contribution is 0.0687. The van der Waals surface area contributed by atoms with Crippen LogP contribution in [0.1, 0.15) is 28.8 Å². The van der Waals surface area contributed by atoms with E-state index in [-0.39, 0.29) is 12.2 Å². The van der Waals surface area contributed by atoms with Gasteiger partial charge in [0, 0.05) is 13.1 Å². The molecule has 0 aliphatic carbocycles. The maximum absolute atomic E-state index is 11.7. The number of hydrogen-bond acceptors (Lipinski definition) is 4. The number of aryl methyl sites for hydroxylation is 2. The lowest BCUT2D eigenvalue weighted by atomic mass is 10.3. The smallest absolute Gasteiger partial charge is 0.356 e. The highest BCUT2D eigenvalue weighted by Gasteiger charge is 2.15. The molecular formula is C12H13ClN4O3. The summed E-state index contributed by atoms with van der Waals surface area (Å²) < 4.78 is 2.63. The second-order valence-electron chi connectivity index (χ2n) is 4.20. The quantitative estimate of drug-likeness (QED) is 0.907. The molecule has 0 spiro atoms. The number of aromatic carboxylic acids is 1. The molecule has 106 valence electrons. The molecule has 2 aromatic rings. The number of hydrogen-bond donors (Lipinski definition) is 1. The molecule has 2 heterocycles. The van der Waals surface area contributed by atoms with Gasteiger partial charge in [-0.3, -0.25) is 9.48 Å². The Morgan fingerprint density at radius 2 is 2.10 bits per heavy atom. The van der Waals surface area contributed by atoms with Gasteiger partial charge >= 0.3 is 5.97 Å². The van der Waals surface area contributed by atoms with Gasteiger partial charge in [0.25, 0.3) is 5.56 Å². The fraction of sp³-hybridized carbons (Fsp3) is 0.333. The van der Waals surface area contributed by atoms with Crippen molar-refractivity contribution in [2.24, 2.45) is 7.05 Å². The molecule has 0 atom stereocenters. The second-order valence-corrected chi connectivity index (χ2v) is 4.58. The molecule has 0 saturated carbocycles. The van der Waals surface area contributed by atoms with Crippen molar-refractivity contribution in [3.63, 3.8) is 0 Å². The van der Waals surface area contributed by atoms with Gasteiger partial charge in [-0.15, -0.1) is 0 Å². The third kappa shape index (κ3) is 2.57. The maximum atomic E-state index is 11.7. The van der Waals surface area contributed by atoms with E-state index >= 15 is 0 Å². The first kappa shape index (κ1) is 14.3. The lowest BCUT2D eigenvalue weighted by Crippen LogP contribution is -2.25. The van der Waals surface area contributed by atoms with Gasteiger partial charge in [0.1, 0.15) is 0 Å². The Balaban J connectivity index is 2.44. The van der Waals surface area contributed by atoms with Crippen LogP contribution >= 0.6 is 11.6 Å². The summed E-state index contributed by atoms with van der Waals surface area (Å²) in [4.78, 5) is 22.6. The topological polar surface area (TPSA) is 90.0 Å². The SMILES string of the molecule is CCc1nn(C)c(Cn2nc(C(=O)O)ccc2=O)c1Cl. The van der Waals surface area contributed by atoms with E-state index in [1.807, 2.05) is 6.92 Å². The first-order chi connectivity index (χ1) is 9.43. The van der Waals surface area contributed by atoms with Crippen LogP contribution in [0.5, 0.6) is 0 Å². The molecule has 8 heteroatoms. The molecule has 0 aliphatic heterocycles. The van der Waals surface area contributed by atoms with Crippen molar-refractivity contribution in [2.45, 2.75) is 19.9 Å². The molecule has 0 unspecified atom stereocenters. The molecule has 0 saturated heterocycles. The van der Waals surface area contributed by atoms with E-state index in [1.165, 1.54) is 12.1 Å². The Morgan fingerprint density at radius 1 is 1.40 bits per heavy atom. The van der Waals surface area contributed by atoms with E-state index in [0.717, 1.165) is 10.4 Å². The molecule has 7 nitrogen and oxygen atoms in total. The van der Waals surface area contributed by atoms with E-state index in [4.69, 9.17) is 16.7 Å².